The highest BCUT2D eigenvalue weighted by Crippen LogP contribution is 2.34. The van der Waals surface area contributed by atoms with Crippen LogP contribution in [0, 0.1) is 17.8 Å². The lowest BCUT2D eigenvalue weighted by atomic mass is 9.94. The maximum atomic E-state index is 8.36. The minimum Gasteiger partial charge on any atom is -0.483 e. The van der Waals surface area contributed by atoms with Crippen LogP contribution < -0.4 is 0 Å². The summed E-state index contributed by atoms with van der Waals surface area (Å²) in [7, 11) is 0. The van der Waals surface area contributed by atoms with Gasteiger partial charge in [-0.1, -0.05) is 27.2 Å². The molecule has 1 rings (SSSR count). The van der Waals surface area contributed by atoms with Crippen LogP contribution in [0.1, 0.15) is 40.0 Å². The van der Waals surface area contributed by atoms with E-state index in [9.17, 15) is 0 Å². The van der Waals surface area contributed by atoms with Gasteiger partial charge < -0.3 is 5.11 Å². The van der Waals surface area contributed by atoms with Crippen molar-refractivity contribution in [1.29, 1.82) is 0 Å². The molecule has 1 aliphatic carbocycles. The Hall–Kier alpha value is -0.530. The van der Waals surface area contributed by atoms with Crippen molar-refractivity contribution >= 4 is 6.47 Å². The summed E-state index contributed by atoms with van der Waals surface area (Å²) < 4.78 is 0. The van der Waals surface area contributed by atoms with Crippen LogP contribution in [-0.2, 0) is 4.79 Å². The van der Waals surface area contributed by atoms with E-state index in [2.05, 4.69) is 20.8 Å². The molecule has 1 saturated carbocycles. The van der Waals surface area contributed by atoms with Crippen molar-refractivity contribution in [3.63, 3.8) is 0 Å². The topological polar surface area (TPSA) is 37.3 Å². The van der Waals surface area contributed by atoms with E-state index in [1.807, 2.05) is 0 Å². The minimum atomic E-state index is -0.250. The molecule has 0 aliphatic heterocycles. The first-order valence-corrected chi connectivity index (χ1v) is 4.69. The van der Waals surface area contributed by atoms with Crippen LogP contribution in [0.25, 0.3) is 0 Å². The van der Waals surface area contributed by atoms with Gasteiger partial charge in [-0.15, -0.1) is 0 Å². The molecule has 0 heterocycles. The van der Waals surface area contributed by atoms with E-state index in [1.54, 1.807) is 0 Å². The predicted octanol–water partition coefficient (Wildman–Crippen LogP) is 2.78. The molecule has 0 aromatic rings. The van der Waals surface area contributed by atoms with Gasteiger partial charge >= 0.3 is 0 Å². The van der Waals surface area contributed by atoms with Gasteiger partial charge in [0, 0.05) is 0 Å². The summed E-state index contributed by atoms with van der Waals surface area (Å²) in [4.78, 5) is 8.36. The fraction of sp³-hybridized carbons (Fsp3) is 0.900. The Bertz CT molecular complexity index is 121. The van der Waals surface area contributed by atoms with E-state index in [1.165, 1.54) is 19.3 Å². The molecule has 0 spiro atoms. The Morgan fingerprint density at radius 3 is 2.08 bits per heavy atom. The van der Waals surface area contributed by atoms with Gasteiger partial charge in [0.1, 0.15) is 0 Å². The molecule has 0 saturated heterocycles. The molecule has 72 valence electrons. The Kier molecular flexibility index (Phi) is 5.77. The standard InChI is InChI=1S/C9H18.CH2O2/c1-7(2)9-5-4-8(3)6-9;2-1-3/h7-9H,4-6H2,1-3H3;1H,(H,2,3). The van der Waals surface area contributed by atoms with Crippen LogP contribution in [0.5, 0.6) is 0 Å². The highest BCUT2D eigenvalue weighted by atomic mass is 16.3. The van der Waals surface area contributed by atoms with E-state index >= 15 is 0 Å². The first-order valence-electron chi connectivity index (χ1n) is 4.69. The first-order chi connectivity index (χ1) is 5.61. The predicted molar refractivity (Wildman–Crippen MR) is 50.0 cm³/mol. The second-order valence-corrected chi connectivity index (χ2v) is 4.03. The Morgan fingerprint density at radius 2 is 1.92 bits per heavy atom. The second-order valence-electron chi connectivity index (χ2n) is 4.03. The number of carboxylic acid groups (broad SMARTS) is 1. The summed E-state index contributed by atoms with van der Waals surface area (Å²) in [6.07, 6.45) is 4.44. The van der Waals surface area contributed by atoms with Crippen molar-refractivity contribution in [3.05, 3.63) is 0 Å². The number of rotatable bonds is 1. The van der Waals surface area contributed by atoms with Gasteiger partial charge in [0.2, 0.25) is 0 Å². The number of carbonyl (C=O) groups is 1. The molecule has 2 nitrogen and oxygen atoms in total. The quantitative estimate of drug-likeness (QED) is 0.617. The molecule has 0 aromatic heterocycles. The lowest BCUT2D eigenvalue weighted by molar-refractivity contribution is -0.122. The van der Waals surface area contributed by atoms with Crippen molar-refractivity contribution < 1.29 is 9.90 Å². The van der Waals surface area contributed by atoms with Crippen molar-refractivity contribution in [2.75, 3.05) is 0 Å². The molecule has 0 radical (unpaired) electrons. The molecular weight excluding hydrogens is 152 g/mol. The average molecular weight is 172 g/mol. The van der Waals surface area contributed by atoms with Gasteiger partial charge in [0.25, 0.3) is 6.47 Å². The third-order valence-electron chi connectivity index (χ3n) is 2.68. The van der Waals surface area contributed by atoms with Gasteiger partial charge in [-0.2, -0.15) is 0 Å². The van der Waals surface area contributed by atoms with Gasteiger partial charge in [0.15, 0.2) is 0 Å². The smallest absolute Gasteiger partial charge is 0.290 e. The molecule has 0 amide bonds. The molecule has 2 atom stereocenters. The van der Waals surface area contributed by atoms with Crippen LogP contribution in [0.15, 0.2) is 0 Å². The minimum absolute atomic E-state index is 0.250. The first kappa shape index (κ1) is 11.5. The zero-order valence-electron chi connectivity index (χ0n) is 8.29. The van der Waals surface area contributed by atoms with Crippen molar-refractivity contribution in [3.8, 4) is 0 Å². The molecule has 1 N–H and O–H groups in total. The van der Waals surface area contributed by atoms with Crippen molar-refractivity contribution in [1.82, 2.24) is 0 Å². The Labute approximate surface area is 75.0 Å². The van der Waals surface area contributed by atoms with Crippen LogP contribution in [0.3, 0.4) is 0 Å². The summed E-state index contributed by atoms with van der Waals surface area (Å²) in [6, 6.07) is 0. The van der Waals surface area contributed by atoms with Gasteiger partial charge in [-0.3, -0.25) is 4.79 Å². The zero-order chi connectivity index (χ0) is 9.56. The fourth-order valence-corrected chi connectivity index (χ4v) is 1.86. The van der Waals surface area contributed by atoms with Crippen LogP contribution in [-0.4, -0.2) is 11.6 Å². The summed E-state index contributed by atoms with van der Waals surface area (Å²) in [5.41, 5.74) is 0. The third-order valence-corrected chi connectivity index (χ3v) is 2.68. The normalized spacial score (nSPS) is 28.0. The van der Waals surface area contributed by atoms with E-state index in [0.29, 0.717) is 0 Å². The monoisotopic (exact) mass is 172 g/mol. The summed E-state index contributed by atoms with van der Waals surface area (Å²) >= 11 is 0. The molecule has 0 aromatic carbocycles. The van der Waals surface area contributed by atoms with E-state index < -0.39 is 0 Å². The molecule has 1 aliphatic rings. The van der Waals surface area contributed by atoms with Crippen LogP contribution in [0.2, 0.25) is 0 Å². The third kappa shape index (κ3) is 4.37. The zero-order valence-corrected chi connectivity index (χ0v) is 8.29. The Balaban J connectivity index is 0.000000354. The second kappa shape index (κ2) is 6.04. The Morgan fingerprint density at radius 1 is 1.42 bits per heavy atom. The van der Waals surface area contributed by atoms with Gasteiger partial charge in [-0.25, -0.2) is 0 Å². The average Bonchev–Trinajstić information content (AvgIpc) is 2.37. The lowest BCUT2D eigenvalue weighted by Gasteiger charge is -2.12. The molecular formula is C10H20O2. The maximum Gasteiger partial charge on any atom is 0.290 e. The highest BCUT2D eigenvalue weighted by molar-refractivity contribution is 5.32. The summed E-state index contributed by atoms with van der Waals surface area (Å²) in [6.45, 7) is 6.83. The van der Waals surface area contributed by atoms with E-state index in [-0.39, 0.29) is 6.47 Å². The fourth-order valence-electron chi connectivity index (χ4n) is 1.86. The van der Waals surface area contributed by atoms with E-state index in [0.717, 1.165) is 17.8 Å². The largest absolute Gasteiger partial charge is 0.483 e. The highest BCUT2D eigenvalue weighted by Gasteiger charge is 2.23. The van der Waals surface area contributed by atoms with Crippen molar-refractivity contribution in [2.24, 2.45) is 17.8 Å². The van der Waals surface area contributed by atoms with Gasteiger partial charge in [-0.05, 0) is 30.6 Å². The molecule has 2 heteroatoms. The van der Waals surface area contributed by atoms with Crippen LogP contribution >= 0.6 is 0 Å². The molecule has 0 bridgehead atoms. The SMILES string of the molecule is CC1CCC(C(C)C)C1.O=CO. The number of hydrogen-bond acceptors (Lipinski definition) is 1. The molecule has 12 heavy (non-hydrogen) atoms. The molecule has 1 fully saturated rings. The van der Waals surface area contributed by atoms with Crippen LogP contribution in [0.4, 0.5) is 0 Å². The summed E-state index contributed by atoms with van der Waals surface area (Å²) in [5.74, 6) is 2.98. The van der Waals surface area contributed by atoms with Crippen molar-refractivity contribution in [2.45, 2.75) is 40.0 Å². The van der Waals surface area contributed by atoms with Gasteiger partial charge in [0.05, 0.1) is 0 Å². The summed E-state index contributed by atoms with van der Waals surface area (Å²) in [5, 5.41) is 6.89. The van der Waals surface area contributed by atoms with E-state index in [4.69, 9.17) is 9.90 Å². The lowest BCUT2D eigenvalue weighted by Crippen LogP contribution is -2.02. The maximum absolute atomic E-state index is 8.36. The molecule has 2 unspecified atom stereocenters. The number of hydrogen-bond donors (Lipinski definition) is 1.